The third kappa shape index (κ3) is 4.39. The number of carbonyl (C=O) groups excluding carboxylic acids is 1. The number of anilines is 1. The molecular weight excluding hydrogens is 348 g/mol. The van der Waals surface area contributed by atoms with E-state index in [2.05, 4.69) is 10.6 Å². The Hall–Kier alpha value is -1.34. The average molecular weight is 367 g/mol. The van der Waals surface area contributed by atoms with E-state index in [-0.39, 0.29) is 36.3 Å². The number of piperidine rings is 1. The Morgan fingerprint density at radius 1 is 1.21 bits per heavy atom. The molecule has 3 nitrogen and oxygen atoms in total. The fourth-order valence-corrected chi connectivity index (χ4v) is 3.64. The Balaban J connectivity index is 0.00000208. The van der Waals surface area contributed by atoms with Crippen LogP contribution in [-0.2, 0) is 11.0 Å². The minimum atomic E-state index is -4.78. The minimum Gasteiger partial charge on any atom is -0.326 e. The molecule has 24 heavy (non-hydrogen) atoms. The number of fused-ring (bicyclic) bond motifs is 2. The molecule has 1 aromatic rings. The Bertz CT molecular complexity index is 596. The van der Waals surface area contributed by atoms with E-state index >= 15 is 0 Å². The van der Waals surface area contributed by atoms with Crippen LogP contribution >= 0.6 is 12.4 Å². The molecule has 2 aliphatic heterocycles. The van der Waals surface area contributed by atoms with Crippen molar-refractivity contribution in [2.45, 2.75) is 50.4 Å². The van der Waals surface area contributed by atoms with Crippen LogP contribution in [0.5, 0.6) is 0 Å². The number of halogens is 5. The van der Waals surface area contributed by atoms with Gasteiger partial charge in [0, 0.05) is 24.2 Å². The molecule has 3 rings (SSSR count). The van der Waals surface area contributed by atoms with Gasteiger partial charge in [-0.2, -0.15) is 13.2 Å². The number of amides is 1. The third-order valence-electron chi connectivity index (χ3n) is 4.60. The average Bonchev–Trinajstić information content (AvgIpc) is 2.79. The van der Waals surface area contributed by atoms with Gasteiger partial charge in [0.25, 0.3) is 0 Å². The van der Waals surface area contributed by atoms with E-state index in [9.17, 15) is 22.4 Å². The zero-order valence-electron chi connectivity index (χ0n) is 12.8. The van der Waals surface area contributed by atoms with Crippen LogP contribution in [0.4, 0.5) is 23.2 Å². The first kappa shape index (κ1) is 19.0. The van der Waals surface area contributed by atoms with E-state index in [1.165, 1.54) is 0 Å². The SMILES string of the molecule is Cl.O=C(CC1CC2CCC(C1)N2)Nc1ccc(F)c(C(F)(F)F)c1. The molecule has 1 aromatic carbocycles. The molecule has 2 aliphatic rings. The van der Waals surface area contributed by atoms with Crippen LogP contribution in [0, 0.1) is 11.7 Å². The molecule has 1 amide bonds. The number of rotatable bonds is 3. The van der Waals surface area contributed by atoms with Crippen LogP contribution in [0.25, 0.3) is 0 Å². The van der Waals surface area contributed by atoms with E-state index in [1.54, 1.807) is 0 Å². The summed E-state index contributed by atoms with van der Waals surface area (Å²) in [7, 11) is 0. The van der Waals surface area contributed by atoms with Gasteiger partial charge in [0.1, 0.15) is 5.82 Å². The molecule has 2 unspecified atom stereocenters. The number of benzene rings is 1. The summed E-state index contributed by atoms with van der Waals surface area (Å²) in [6.07, 6.45) is -0.417. The zero-order valence-corrected chi connectivity index (χ0v) is 13.6. The van der Waals surface area contributed by atoms with E-state index < -0.39 is 17.6 Å². The summed E-state index contributed by atoms with van der Waals surface area (Å²) in [5, 5.41) is 5.93. The highest BCUT2D eigenvalue weighted by molar-refractivity contribution is 5.91. The predicted octanol–water partition coefficient (Wildman–Crippen LogP) is 4.13. The topological polar surface area (TPSA) is 41.1 Å². The van der Waals surface area contributed by atoms with Crippen molar-refractivity contribution in [3.05, 3.63) is 29.6 Å². The number of alkyl halides is 3. The lowest BCUT2D eigenvalue weighted by atomic mass is 9.89. The zero-order chi connectivity index (χ0) is 16.6. The van der Waals surface area contributed by atoms with E-state index in [0.717, 1.165) is 37.8 Å². The first-order chi connectivity index (χ1) is 10.8. The Kier molecular flexibility index (Phi) is 5.75. The van der Waals surface area contributed by atoms with Gasteiger partial charge in [-0.05, 0) is 49.8 Å². The lowest BCUT2D eigenvalue weighted by molar-refractivity contribution is -0.140. The highest BCUT2D eigenvalue weighted by Crippen LogP contribution is 2.34. The van der Waals surface area contributed by atoms with Crippen molar-refractivity contribution in [2.75, 3.05) is 5.32 Å². The van der Waals surface area contributed by atoms with Crippen LogP contribution in [0.1, 0.15) is 37.7 Å². The second-order valence-corrected chi connectivity index (χ2v) is 6.42. The molecule has 0 radical (unpaired) electrons. The monoisotopic (exact) mass is 366 g/mol. The summed E-state index contributed by atoms with van der Waals surface area (Å²) in [5.41, 5.74) is -1.39. The molecule has 2 atom stereocenters. The van der Waals surface area contributed by atoms with Gasteiger partial charge in [-0.1, -0.05) is 0 Å². The molecular formula is C16H19ClF4N2O. The van der Waals surface area contributed by atoms with Crippen LogP contribution in [0.15, 0.2) is 18.2 Å². The second-order valence-electron chi connectivity index (χ2n) is 6.42. The van der Waals surface area contributed by atoms with Gasteiger partial charge < -0.3 is 10.6 Å². The van der Waals surface area contributed by atoms with E-state index in [4.69, 9.17) is 0 Å². The highest BCUT2D eigenvalue weighted by Gasteiger charge is 2.35. The normalized spacial score (nSPS) is 25.9. The molecule has 2 N–H and O–H groups in total. The molecule has 2 fully saturated rings. The van der Waals surface area contributed by atoms with Gasteiger partial charge in [-0.15, -0.1) is 12.4 Å². The summed E-state index contributed by atoms with van der Waals surface area (Å²) in [6.45, 7) is 0. The van der Waals surface area contributed by atoms with Gasteiger partial charge in [-0.25, -0.2) is 4.39 Å². The van der Waals surface area contributed by atoms with Crippen molar-refractivity contribution >= 4 is 24.0 Å². The van der Waals surface area contributed by atoms with Gasteiger partial charge >= 0.3 is 6.18 Å². The van der Waals surface area contributed by atoms with Crippen LogP contribution in [0.3, 0.4) is 0 Å². The van der Waals surface area contributed by atoms with Crippen molar-refractivity contribution in [3.8, 4) is 0 Å². The van der Waals surface area contributed by atoms with E-state index in [0.29, 0.717) is 18.2 Å². The van der Waals surface area contributed by atoms with Crippen molar-refractivity contribution in [2.24, 2.45) is 5.92 Å². The number of carbonyl (C=O) groups is 1. The smallest absolute Gasteiger partial charge is 0.326 e. The summed E-state index contributed by atoms with van der Waals surface area (Å²) in [6, 6.07) is 3.42. The van der Waals surface area contributed by atoms with Gasteiger partial charge in [0.05, 0.1) is 5.56 Å². The standard InChI is InChI=1S/C16H18F4N2O.ClH/c17-14-4-3-12(8-13(14)16(18,19)20)22-15(23)7-9-5-10-1-2-11(6-9)21-10;/h3-4,8-11,21H,1-2,5-7H2,(H,22,23);1H. The maximum Gasteiger partial charge on any atom is 0.419 e. The summed E-state index contributed by atoms with van der Waals surface area (Å²) >= 11 is 0. The quantitative estimate of drug-likeness (QED) is 0.790. The van der Waals surface area contributed by atoms with Gasteiger partial charge in [0.15, 0.2) is 0 Å². The van der Waals surface area contributed by atoms with E-state index in [1.807, 2.05) is 0 Å². The number of hydrogen-bond donors (Lipinski definition) is 2. The summed E-state index contributed by atoms with van der Waals surface area (Å²) in [5.74, 6) is -1.42. The van der Waals surface area contributed by atoms with Crippen molar-refractivity contribution < 1.29 is 22.4 Å². The first-order valence-corrected chi connectivity index (χ1v) is 7.74. The lowest BCUT2D eigenvalue weighted by Gasteiger charge is -2.28. The highest BCUT2D eigenvalue weighted by atomic mass is 35.5. The Morgan fingerprint density at radius 2 is 1.83 bits per heavy atom. The molecule has 0 saturated carbocycles. The maximum absolute atomic E-state index is 13.2. The number of nitrogens with one attached hydrogen (secondary N) is 2. The third-order valence-corrected chi connectivity index (χ3v) is 4.60. The van der Waals surface area contributed by atoms with Crippen molar-refractivity contribution in [1.29, 1.82) is 0 Å². The molecule has 8 heteroatoms. The van der Waals surface area contributed by atoms with Crippen molar-refractivity contribution in [3.63, 3.8) is 0 Å². The molecule has 134 valence electrons. The molecule has 0 spiro atoms. The molecule has 2 saturated heterocycles. The fraction of sp³-hybridized carbons (Fsp3) is 0.562. The number of hydrogen-bond acceptors (Lipinski definition) is 2. The minimum absolute atomic E-state index is 0. The second kappa shape index (κ2) is 7.27. The van der Waals surface area contributed by atoms with Crippen LogP contribution in [0.2, 0.25) is 0 Å². The summed E-state index contributed by atoms with van der Waals surface area (Å²) < 4.78 is 51.2. The molecule has 0 aliphatic carbocycles. The largest absolute Gasteiger partial charge is 0.419 e. The van der Waals surface area contributed by atoms with Gasteiger partial charge in [-0.3, -0.25) is 4.79 Å². The van der Waals surface area contributed by atoms with Crippen LogP contribution < -0.4 is 10.6 Å². The predicted molar refractivity (Wildman–Crippen MR) is 84.6 cm³/mol. The molecule has 0 aromatic heterocycles. The fourth-order valence-electron chi connectivity index (χ4n) is 3.64. The van der Waals surface area contributed by atoms with Crippen molar-refractivity contribution in [1.82, 2.24) is 5.32 Å². The van der Waals surface area contributed by atoms with Gasteiger partial charge in [0.2, 0.25) is 5.91 Å². The molecule has 2 bridgehead atoms. The van der Waals surface area contributed by atoms with Crippen LogP contribution in [-0.4, -0.2) is 18.0 Å². The first-order valence-electron chi connectivity index (χ1n) is 7.74. The summed E-state index contributed by atoms with van der Waals surface area (Å²) in [4.78, 5) is 12.1. The lowest BCUT2D eigenvalue weighted by Crippen LogP contribution is -2.39. The molecule has 2 heterocycles. The maximum atomic E-state index is 13.2. The Labute approximate surface area is 143 Å². The Morgan fingerprint density at radius 3 is 2.42 bits per heavy atom.